The smallest absolute Gasteiger partial charge is 0.258 e. The number of hydrogen-bond acceptors (Lipinski definition) is 6. The molecule has 0 aliphatic rings. The third-order valence-corrected chi connectivity index (χ3v) is 3.01. The highest BCUT2D eigenvalue weighted by molar-refractivity contribution is 5.65. The summed E-state index contributed by atoms with van der Waals surface area (Å²) in [6.07, 6.45) is 0. The molecule has 0 saturated heterocycles. The van der Waals surface area contributed by atoms with Gasteiger partial charge >= 0.3 is 0 Å². The monoisotopic (exact) mass is 285 g/mol. The van der Waals surface area contributed by atoms with E-state index < -0.39 is 4.92 Å². The van der Waals surface area contributed by atoms with Crippen LogP contribution in [0.25, 0.3) is 17.1 Å². The van der Waals surface area contributed by atoms with Gasteiger partial charge in [0.2, 0.25) is 5.82 Å². The van der Waals surface area contributed by atoms with E-state index in [2.05, 4.69) is 25.7 Å². The van der Waals surface area contributed by atoms with Crippen LogP contribution in [0.3, 0.4) is 0 Å². The van der Waals surface area contributed by atoms with Crippen LogP contribution in [0.1, 0.15) is 11.4 Å². The number of aromatic amines is 1. The van der Waals surface area contributed by atoms with Crippen LogP contribution in [0.5, 0.6) is 0 Å². The molecule has 0 atom stereocenters. The third kappa shape index (κ3) is 2.24. The van der Waals surface area contributed by atoms with E-state index in [1.807, 2.05) is 19.9 Å². The molecule has 0 fully saturated rings. The number of nitro benzene ring substituents is 1. The predicted molar refractivity (Wildman–Crippen MR) is 72.9 cm³/mol. The van der Waals surface area contributed by atoms with Crippen molar-refractivity contribution in [2.75, 3.05) is 0 Å². The van der Waals surface area contributed by atoms with Crippen molar-refractivity contribution in [3.8, 4) is 17.1 Å². The van der Waals surface area contributed by atoms with Crippen LogP contribution < -0.4 is 0 Å². The van der Waals surface area contributed by atoms with E-state index in [0.29, 0.717) is 17.1 Å². The van der Waals surface area contributed by atoms with E-state index in [1.54, 1.807) is 16.8 Å². The molecule has 9 heteroatoms. The summed E-state index contributed by atoms with van der Waals surface area (Å²) >= 11 is 0. The molecule has 21 heavy (non-hydrogen) atoms. The normalized spacial score (nSPS) is 10.8. The molecule has 2 aromatic heterocycles. The fourth-order valence-electron chi connectivity index (χ4n) is 2.14. The summed E-state index contributed by atoms with van der Waals surface area (Å²) < 4.78 is 1.55. The largest absolute Gasteiger partial charge is 0.295 e. The summed E-state index contributed by atoms with van der Waals surface area (Å²) in [7, 11) is 0. The highest BCUT2D eigenvalue weighted by Crippen LogP contribution is 2.28. The van der Waals surface area contributed by atoms with Gasteiger partial charge in [0.15, 0.2) is 0 Å². The van der Waals surface area contributed by atoms with E-state index >= 15 is 0 Å². The van der Waals surface area contributed by atoms with Gasteiger partial charge in [-0.05, 0) is 37.3 Å². The minimum absolute atomic E-state index is 0.0662. The van der Waals surface area contributed by atoms with Gasteiger partial charge in [-0.15, -0.1) is 10.2 Å². The van der Waals surface area contributed by atoms with Gasteiger partial charge in [0.25, 0.3) is 5.69 Å². The Morgan fingerprint density at radius 3 is 2.67 bits per heavy atom. The van der Waals surface area contributed by atoms with Crippen LogP contribution in [0.4, 0.5) is 5.69 Å². The van der Waals surface area contributed by atoms with Gasteiger partial charge in [0.1, 0.15) is 5.69 Å². The van der Waals surface area contributed by atoms with E-state index in [9.17, 15) is 10.1 Å². The first-order valence-electron chi connectivity index (χ1n) is 6.12. The lowest BCUT2D eigenvalue weighted by molar-refractivity contribution is -0.384. The second-order valence-corrected chi connectivity index (χ2v) is 4.53. The Morgan fingerprint density at radius 2 is 2.10 bits per heavy atom. The highest BCUT2D eigenvalue weighted by atomic mass is 16.6. The number of nitro groups is 1. The standard InChI is InChI=1S/C12H11N7O2/c1-7-5-8(2)18(15-7)10-4-3-9(6-11(10)19(20)21)12-13-16-17-14-12/h3-6H,1-2H3,(H,13,14,16,17). The molecule has 1 aromatic carbocycles. The number of benzene rings is 1. The molecule has 106 valence electrons. The van der Waals surface area contributed by atoms with Crippen molar-refractivity contribution in [2.45, 2.75) is 13.8 Å². The molecule has 9 nitrogen and oxygen atoms in total. The summed E-state index contributed by atoms with van der Waals surface area (Å²) in [5, 5.41) is 29.0. The average molecular weight is 285 g/mol. The lowest BCUT2D eigenvalue weighted by Crippen LogP contribution is -2.04. The molecule has 0 saturated carbocycles. The summed E-state index contributed by atoms with van der Waals surface area (Å²) in [4.78, 5) is 10.9. The number of aromatic nitrogens is 6. The van der Waals surface area contributed by atoms with Gasteiger partial charge in [-0.3, -0.25) is 10.1 Å². The number of rotatable bonds is 3. The zero-order valence-corrected chi connectivity index (χ0v) is 11.3. The van der Waals surface area contributed by atoms with Gasteiger partial charge in [0, 0.05) is 17.3 Å². The Kier molecular flexibility index (Phi) is 2.94. The zero-order chi connectivity index (χ0) is 15.0. The first kappa shape index (κ1) is 12.9. The molecule has 0 unspecified atom stereocenters. The molecule has 0 aliphatic carbocycles. The van der Waals surface area contributed by atoms with Crippen molar-refractivity contribution < 1.29 is 4.92 Å². The SMILES string of the molecule is Cc1cc(C)n(-c2ccc(-c3nn[nH]n3)cc2[N+](=O)[O-])n1. The lowest BCUT2D eigenvalue weighted by atomic mass is 10.1. The highest BCUT2D eigenvalue weighted by Gasteiger charge is 2.20. The molecule has 0 amide bonds. The number of H-pyrrole nitrogens is 1. The topological polar surface area (TPSA) is 115 Å². The minimum atomic E-state index is -0.449. The van der Waals surface area contributed by atoms with Crippen LogP contribution in [0.2, 0.25) is 0 Å². The van der Waals surface area contributed by atoms with E-state index in [1.165, 1.54) is 6.07 Å². The summed E-state index contributed by atoms with van der Waals surface area (Å²) in [6.45, 7) is 3.68. The Balaban J connectivity index is 2.18. The zero-order valence-electron chi connectivity index (χ0n) is 11.3. The van der Waals surface area contributed by atoms with E-state index in [-0.39, 0.29) is 5.69 Å². The molecule has 0 aliphatic heterocycles. The third-order valence-electron chi connectivity index (χ3n) is 3.01. The Morgan fingerprint density at radius 1 is 1.29 bits per heavy atom. The quantitative estimate of drug-likeness (QED) is 0.577. The fourth-order valence-corrected chi connectivity index (χ4v) is 2.14. The second-order valence-electron chi connectivity index (χ2n) is 4.53. The van der Waals surface area contributed by atoms with Crippen molar-refractivity contribution in [3.63, 3.8) is 0 Å². The maximum Gasteiger partial charge on any atom is 0.295 e. The number of nitrogens with zero attached hydrogens (tertiary/aromatic N) is 6. The fraction of sp³-hybridized carbons (Fsp3) is 0.167. The molecular weight excluding hydrogens is 274 g/mol. The van der Waals surface area contributed by atoms with Gasteiger partial charge < -0.3 is 0 Å². The van der Waals surface area contributed by atoms with Crippen molar-refractivity contribution in [2.24, 2.45) is 0 Å². The second kappa shape index (κ2) is 4.78. The summed E-state index contributed by atoms with van der Waals surface area (Å²) in [5.74, 6) is 0.304. The Labute approximate surface area is 118 Å². The number of hydrogen-bond donors (Lipinski definition) is 1. The van der Waals surface area contributed by atoms with Crippen LogP contribution in [0.15, 0.2) is 24.3 Å². The number of nitrogens with one attached hydrogen (secondary N) is 1. The molecule has 0 radical (unpaired) electrons. The Hall–Kier alpha value is -3.10. The summed E-state index contributed by atoms with van der Waals surface area (Å²) in [6, 6.07) is 6.60. The average Bonchev–Trinajstić information content (AvgIpc) is 3.07. The van der Waals surface area contributed by atoms with Gasteiger partial charge in [0.05, 0.1) is 10.6 Å². The van der Waals surface area contributed by atoms with Gasteiger partial charge in [-0.1, -0.05) is 0 Å². The van der Waals surface area contributed by atoms with Crippen molar-refractivity contribution >= 4 is 5.69 Å². The van der Waals surface area contributed by atoms with Crippen LogP contribution in [-0.4, -0.2) is 35.3 Å². The molecule has 3 rings (SSSR count). The lowest BCUT2D eigenvalue weighted by Gasteiger charge is -2.06. The van der Waals surface area contributed by atoms with Crippen LogP contribution in [0, 0.1) is 24.0 Å². The number of aryl methyl sites for hydroxylation is 2. The first-order chi connectivity index (χ1) is 10.1. The maximum atomic E-state index is 11.3. The predicted octanol–water partition coefficient (Wildman–Crippen LogP) is 1.58. The van der Waals surface area contributed by atoms with Crippen molar-refractivity contribution in [1.29, 1.82) is 0 Å². The Bertz CT molecular complexity index is 807. The minimum Gasteiger partial charge on any atom is -0.258 e. The summed E-state index contributed by atoms with van der Waals surface area (Å²) in [5.41, 5.74) is 2.47. The molecule has 0 spiro atoms. The van der Waals surface area contributed by atoms with E-state index in [0.717, 1.165) is 11.4 Å². The van der Waals surface area contributed by atoms with E-state index in [4.69, 9.17) is 0 Å². The van der Waals surface area contributed by atoms with Crippen LogP contribution >= 0.6 is 0 Å². The van der Waals surface area contributed by atoms with Crippen LogP contribution in [-0.2, 0) is 0 Å². The molecule has 2 heterocycles. The maximum absolute atomic E-state index is 11.3. The van der Waals surface area contributed by atoms with Gasteiger partial charge in [-0.25, -0.2) is 4.68 Å². The molecular formula is C12H11N7O2. The number of tetrazole rings is 1. The van der Waals surface area contributed by atoms with Crippen molar-refractivity contribution in [3.05, 3.63) is 45.8 Å². The first-order valence-corrected chi connectivity index (χ1v) is 6.12. The molecule has 1 N–H and O–H groups in total. The van der Waals surface area contributed by atoms with Gasteiger partial charge in [-0.2, -0.15) is 10.3 Å². The molecule has 3 aromatic rings. The molecule has 0 bridgehead atoms. The van der Waals surface area contributed by atoms with Crippen molar-refractivity contribution in [1.82, 2.24) is 30.4 Å².